The molecule has 0 aliphatic heterocycles. The highest BCUT2D eigenvalue weighted by Gasteiger charge is 2.10. The van der Waals surface area contributed by atoms with Gasteiger partial charge in [0.15, 0.2) is 0 Å². The molecule has 0 unspecified atom stereocenters. The number of benzene rings is 2. The van der Waals surface area contributed by atoms with Crippen molar-refractivity contribution in [3.05, 3.63) is 70.5 Å². The van der Waals surface area contributed by atoms with Crippen LogP contribution in [0.1, 0.15) is 11.3 Å². The fraction of sp³-hybridized carbons (Fsp3) is 0.118. The lowest BCUT2D eigenvalue weighted by molar-refractivity contribution is 1.05. The van der Waals surface area contributed by atoms with Gasteiger partial charge in [0.2, 0.25) is 5.95 Å². The molecule has 1 heterocycles. The van der Waals surface area contributed by atoms with E-state index in [0.29, 0.717) is 0 Å². The van der Waals surface area contributed by atoms with Gasteiger partial charge in [-0.2, -0.15) is 0 Å². The SMILES string of the molecule is Cc1cn(-c2ccc(Br)cc2C)c(Nc2ccccc2)n1. The smallest absolute Gasteiger partial charge is 0.212 e. The molecule has 1 aromatic heterocycles. The van der Waals surface area contributed by atoms with E-state index in [1.165, 1.54) is 5.56 Å². The van der Waals surface area contributed by atoms with Crippen LogP contribution in [0, 0.1) is 13.8 Å². The molecule has 0 spiro atoms. The van der Waals surface area contributed by atoms with Crippen LogP contribution in [0.25, 0.3) is 5.69 Å². The molecule has 4 heteroatoms. The fourth-order valence-electron chi connectivity index (χ4n) is 2.31. The van der Waals surface area contributed by atoms with Gasteiger partial charge in [-0.25, -0.2) is 4.98 Å². The number of nitrogens with one attached hydrogen (secondary N) is 1. The molecule has 2 aromatic carbocycles. The Morgan fingerprint density at radius 2 is 1.81 bits per heavy atom. The van der Waals surface area contributed by atoms with E-state index in [9.17, 15) is 0 Å². The standard InChI is InChI=1S/C17H16BrN3/c1-12-10-14(18)8-9-16(12)21-11-13(2)19-17(21)20-15-6-4-3-5-7-15/h3-11H,1-2H3,(H,19,20). The van der Waals surface area contributed by atoms with Crippen LogP contribution >= 0.6 is 15.9 Å². The summed E-state index contributed by atoms with van der Waals surface area (Å²) in [6.45, 7) is 4.10. The molecule has 3 nitrogen and oxygen atoms in total. The van der Waals surface area contributed by atoms with Crippen molar-refractivity contribution < 1.29 is 0 Å². The van der Waals surface area contributed by atoms with E-state index >= 15 is 0 Å². The Balaban J connectivity index is 2.03. The number of anilines is 2. The lowest BCUT2D eigenvalue weighted by Gasteiger charge is -2.12. The molecule has 0 aliphatic rings. The average Bonchev–Trinajstić information content (AvgIpc) is 2.80. The Bertz CT molecular complexity index is 763. The van der Waals surface area contributed by atoms with Crippen molar-refractivity contribution in [3.63, 3.8) is 0 Å². The minimum Gasteiger partial charge on any atom is -0.325 e. The maximum Gasteiger partial charge on any atom is 0.212 e. The van der Waals surface area contributed by atoms with Crippen LogP contribution in [0.5, 0.6) is 0 Å². The summed E-state index contributed by atoms with van der Waals surface area (Å²) in [4.78, 5) is 4.59. The zero-order valence-electron chi connectivity index (χ0n) is 12.0. The van der Waals surface area contributed by atoms with Gasteiger partial charge >= 0.3 is 0 Å². The van der Waals surface area contributed by atoms with E-state index in [1.54, 1.807) is 0 Å². The van der Waals surface area contributed by atoms with Gasteiger partial charge in [0.05, 0.1) is 11.4 Å². The van der Waals surface area contributed by atoms with Crippen molar-refractivity contribution in [3.8, 4) is 5.69 Å². The average molecular weight is 342 g/mol. The van der Waals surface area contributed by atoms with Crippen LogP contribution in [0.4, 0.5) is 11.6 Å². The molecule has 0 atom stereocenters. The molecule has 3 rings (SSSR count). The lowest BCUT2D eigenvalue weighted by atomic mass is 10.2. The van der Waals surface area contributed by atoms with E-state index in [1.807, 2.05) is 49.5 Å². The second kappa shape index (κ2) is 5.74. The number of imidazole rings is 1. The van der Waals surface area contributed by atoms with Gasteiger partial charge in [0, 0.05) is 16.4 Å². The van der Waals surface area contributed by atoms with Crippen molar-refractivity contribution in [1.82, 2.24) is 9.55 Å². The van der Waals surface area contributed by atoms with Crippen LogP contribution in [0.2, 0.25) is 0 Å². The highest BCUT2D eigenvalue weighted by molar-refractivity contribution is 9.10. The lowest BCUT2D eigenvalue weighted by Crippen LogP contribution is -2.02. The summed E-state index contributed by atoms with van der Waals surface area (Å²) in [5.74, 6) is 0.823. The molecule has 0 bridgehead atoms. The van der Waals surface area contributed by atoms with Crippen molar-refractivity contribution in [1.29, 1.82) is 0 Å². The molecule has 1 N–H and O–H groups in total. The summed E-state index contributed by atoms with van der Waals surface area (Å²) >= 11 is 3.51. The first-order chi connectivity index (χ1) is 10.1. The molecule has 0 fully saturated rings. The van der Waals surface area contributed by atoms with Crippen molar-refractivity contribution in [2.75, 3.05) is 5.32 Å². The Morgan fingerprint density at radius 1 is 1.05 bits per heavy atom. The number of para-hydroxylation sites is 1. The van der Waals surface area contributed by atoms with Gasteiger partial charge in [0.1, 0.15) is 0 Å². The van der Waals surface area contributed by atoms with Crippen LogP contribution in [0.15, 0.2) is 59.2 Å². The predicted octanol–water partition coefficient (Wildman–Crippen LogP) is 5.00. The molecule has 0 radical (unpaired) electrons. The second-order valence-corrected chi connectivity index (χ2v) is 5.91. The fourth-order valence-corrected chi connectivity index (χ4v) is 2.78. The summed E-state index contributed by atoms with van der Waals surface area (Å²) < 4.78 is 3.17. The maximum atomic E-state index is 4.59. The summed E-state index contributed by atoms with van der Waals surface area (Å²) in [6.07, 6.45) is 2.04. The second-order valence-electron chi connectivity index (χ2n) is 5.00. The Labute approximate surface area is 132 Å². The number of hydrogen-bond acceptors (Lipinski definition) is 2. The summed E-state index contributed by atoms with van der Waals surface area (Å²) in [5, 5.41) is 3.37. The van der Waals surface area contributed by atoms with Crippen LogP contribution < -0.4 is 5.32 Å². The van der Waals surface area contributed by atoms with Crippen molar-refractivity contribution in [2.24, 2.45) is 0 Å². The Kier molecular flexibility index (Phi) is 3.80. The third kappa shape index (κ3) is 3.00. The van der Waals surface area contributed by atoms with Crippen LogP contribution in [0.3, 0.4) is 0 Å². The van der Waals surface area contributed by atoms with Gasteiger partial charge in [0.25, 0.3) is 0 Å². The monoisotopic (exact) mass is 341 g/mol. The van der Waals surface area contributed by atoms with Crippen LogP contribution in [-0.4, -0.2) is 9.55 Å². The minimum atomic E-state index is 0.823. The minimum absolute atomic E-state index is 0.823. The van der Waals surface area contributed by atoms with Crippen LogP contribution in [-0.2, 0) is 0 Å². The first-order valence-electron chi connectivity index (χ1n) is 6.78. The molecular weight excluding hydrogens is 326 g/mol. The molecule has 0 amide bonds. The molecule has 0 saturated heterocycles. The largest absolute Gasteiger partial charge is 0.325 e. The topological polar surface area (TPSA) is 29.9 Å². The normalized spacial score (nSPS) is 10.6. The van der Waals surface area contributed by atoms with Crippen molar-refractivity contribution >= 4 is 27.6 Å². The van der Waals surface area contributed by atoms with Gasteiger partial charge in [-0.05, 0) is 49.7 Å². The number of nitrogens with zero attached hydrogens (tertiary/aromatic N) is 2. The van der Waals surface area contributed by atoms with E-state index in [2.05, 4.69) is 49.9 Å². The maximum absolute atomic E-state index is 4.59. The van der Waals surface area contributed by atoms with Gasteiger partial charge in [-0.3, -0.25) is 4.57 Å². The molecular formula is C17H16BrN3. The first-order valence-corrected chi connectivity index (χ1v) is 7.57. The Morgan fingerprint density at radius 3 is 2.52 bits per heavy atom. The summed E-state index contributed by atoms with van der Waals surface area (Å²) in [6, 6.07) is 16.3. The highest BCUT2D eigenvalue weighted by Crippen LogP contribution is 2.25. The van der Waals surface area contributed by atoms with E-state index in [-0.39, 0.29) is 0 Å². The third-order valence-corrected chi connectivity index (χ3v) is 3.77. The molecule has 0 saturated carbocycles. The first kappa shape index (κ1) is 13.9. The van der Waals surface area contributed by atoms with E-state index in [0.717, 1.165) is 27.5 Å². The predicted molar refractivity (Wildman–Crippen MR) is 90.5 cm³/mol. The number of aryl methyl sites for hydroxylation is 2. The van der Waals surface area contributed by atoms with Crippen molar-refractivity contribution in [2.45, 2.75) is 13.8 Å². The van der Waals surface area contributed by atoms with E-state index in [4.69, 9.17) is 0 Å². The van der Waals surface area contributed by atoms with Gasteiger partial charge in [-0.15, -0.1) is 0 Å². The quantitative estimate of drug-likeness (QED) is 0.726. The zero-order chi connectivity index (χ0) is 14.8. The molecule has 3 aromatic rings. The number of hydrogen-bond donors (Lipinski definition) is 1. The molecule has 21 heavy (non-hydrogen) atoms. The Hall–Kier alpha value is -2.07. The number of rotatable bonds is 3. The summed E-state index contributed by atoms with van der Waals surface area (Å²) in [5.41, 5.74) is 4.32. The van der Waals surface area contributed by atoms with E-state index < -0.39 is 0 Å². The molecule has 106 valence electrons. The number of halogens is 1. The van der Waals surface area contributed by atoms with Gasteiger partial charge < -0.3 is 5.32 Å². The summed E-state index contributed by atoms with van der Waals surface area (Å²) in [7, 11) is 0. The zero-order valence-corrected chi connectivity index (χ0v) is 13.6. The molecule has 0 aliphatic carbocycles. The third-order valence-electron chi connectivity index (χ3n) is 3.27. The highest BCUT2D eigenvalue weighted by atomic mass is 79.9. The van der Waals surface area contributed by atoms with Gasteiger partial charge in [-0.1, -0.05) is 34.1 Å². The number of aromatic nitrogens is 2.